The van der Waals surface area contributed by atoms with Crippen LogP contribution in [0.4, 0.5) is 5.95 Å². The summed E-state index contributed by atoms with van der Waals surface area (Å²) in [6.07, 6.45) is 1.60. The van der Waals surface area contributed by atoms with Crippen molar-refractivity contribution >= 4 is 11.8 Å². The Labute approximate surface area is 105 Å². The molecule has 1 aliphatic rings. The summed E-state index contributed by atoms with van der Waals surface area (Å²) in [7, 11) is 3.32. The molecule has 7 heteroatoms. The van der Waals surface area contributed by atoms with Crippen molar-refractivity contribution in [2.45, 2.75) is 12.2 Å². The highest BCUT2D eigenvalue weighted by Crippen LogP contribution is 2.20. The third-order valence-electron chi connectivity index (χ3n) is 3.02. The van der Waals surface area contributed by atoms with Crippen LogP contribution in [0.2, 0.25) is 0 Å². The summed E-state index contributed by atoms with van der Waals surface area (Å²) in [5.74, 6) is 0.480. The van der Waals surface area contributed by atoms with Gasteiger partial charge in [0.25, 0.3) is 0 Å². The van der Waals surface area contributed by atoms with E-state index in [0.717, 1.165) is 0 Å². The highest BCUT2D eigenvalue weighted by atomic mass is 16.5. The molecule has 1 aromatic heterocycles. The maximum atomic E-state index is 7.37. The number of ether oxygens (including phenoxy) is 2. The fourth-order valence-electron chi connectivity index (χ4n) is 2.01. The van der Waals surface area contributed by atoms with Gasteiger partial charge in [0.1, 0.15) is 23.7 Å². The van der Waals surface area contributed by atoms with Gasteiger partial charge in [-0.25, -0.2) is 9.97 Å². The summed E-state index contributed by atoms with van der Waals surface area (Å²) >= 11 is 0. The third-order valence-corrected chi connectivity index (χ3v) is 3.02. The van der Waals surface area contributed by atoms with Crippen LogP contribution in [0.3, 0.4) is 0 Å². The molecule has 2 heterocycles. The van der Waals surface area contributed by atoms with Gasteiger partial charge in [-0.1, -0.05) is 0 Å². The van der Waals surface area contributed by atoms with Crippen molar-refractivity contribution in [2.24, 2.45) is 5.73 Å². The van der Waals surface area contributed by atoms with Crippen LogP contribution in [0.1, 0.15) is 5.69 Å². The summed E-state index contributed by atoms with van der Waals surface area (Å²) in [4.78, 5) is 10.4. The Morgan fingerprint density at radius 1 is 1.39 bits per heavy atom. The molecule has 7 nitrogen and oxygen atoms in total. The van der Waals surface area contributed by atoms with E-state index >= 15 is 0 Å². The molecule has 0 saturated carbocycles. The van der Waals surface area contributed by atoms with Crippen molar-refractivity contribution in [3.63, 3.8) is 0 Å². The molecule has 18 heavy (non-hydrogen) atoms. The van der Waals surface area contributed by atoms with Gasteiger partial charge in [0, 0.05) is 33.5 Å². The van der Waals surface area contributed by atoms with Crippen LogP contribution >= 0.6 is 0 Å². The Morgan fingerprint density at radius 3 is 2.50 bits per heavy atom. The first kappa shape index (κ1) is 12.7. The Morgan fingerprint density at radius 2 is 2.00 bits per heavy atom. The lowest BCUT2D eigenvalue weighted by molar-refractivity contribution is -0.00461. The van der Waals surface area contributed by atoms with Gasteiger partial charge in [-0.3, -0.25) is 5.41 Å². The molecule has 0 aliphatic carbocycles. The first-order valence-electron chi connectivity index (χ1n) is 5.63. The van der Waals surface area contributed by atoms with Crippen LogP contribution < -0.4 is 10.6 Å². The van der Waals surface area contributed by atoms with Crippen LogP contribution in [-0.4, -0.2) is 55.3 Å². The molecule has 0 spiro atoms. The van der Waals surface area contributed by atoms with Crippen molar-refractivity contribution in [1.82, 2.24) is 9.97 Å². The number of aromatic nitrogens is 2. The number of methoxy groups -OCH3 is 2. The summed E-state index contributed by atoms with van der Waals surface area (Å²) in [6, 6.07) is 1.61. The molecule has 3 N–H and O–H groups in total. The molecule has 2 unspecified atom stereocenters. The van der Waals surface area contributed by atoms with E-state index in [1.807, 2.05) is 4.90 Å². The summed E-state index contributed by atoms with van der Waals surface area (Å²) in [5, 5.41) is 7.37. The van der Waals surface area contributed by atoms with Gasteiger partial charge in [0.05, 0.1) is 0 Å². The largest absolute Gasteiger partial charge is 0.382 e. The summed E-state index contributed by atoms with van der Waals surface area (Å²) in [5.41, 5.74) is 5.84. The minimum absolute atomic E-state index is 0.000385. The Bertz CT molecular complexity index is 427. The number of hydrogen-bond donors (Lipinski definition) is 2. The Kier molecular flexibility index (Phi) is 3.73. The molecule has 2 rings (SSSR count). The van der Waals surface area contributed by atoms with Crippen molar-refractivity contribution in [3.05, 3.63) is 18.0 Å². The minimum atomic E-state index is -0.0653. The quantitative estimate of drug-likeness (QED) is 0.559. The van der Waals surface area contributed by atoms with Crippen molar-refractivity contribution in [3.8, 4) is 0 Å². The average molecular weight is 251 g/mol. The third kappa shape index (κ3) is 2.41. The number of rotatable bonds is 4. The average Bonchev–Trinajstić information content (AvgIpc) is 2.82. The molecule has 0 amide bonds. The predicted octanol–water partition coefficient (Wildman–Crippen LogP) is -0.389. The van der Waals surface area contributed by atoms with E-state index < -0.39 is 0 Å². The molecule has 1 fully saturated rings. The van der Waals surface area contributed by atoms with Gasteiger partial charge in [0.2, 0.25) is 5.95 Å². The number of hydrogen-bond acceptors (Lipinski definition) is 6. The number of nitrogens with zero attached hydrogens (tertiary/aromatic N) is 3. The van der Waals surface area contributed by atoms with Crippen LogP contribution in [0.25, 0.3) is 0 Å². The standard InChI is InChI=1S/C11H17N5O2/c1-17-8-5-16(6-9(8)18-2)11-14-4-3-7(15-11)10(12)13/h3-4,8-9H,5-6H2,1-2H3,(H3,12,13). The lowest BCUT2D eigenvalue weighted by atomic mass is 10.3. The van der Waals surface area contributed by atoms with Gasteiger partial charge >= 0.3 is 0 Å². The van der Waals surface area contributed by atoms with E-state index in [-0.39, 0.29) is 18.0 Å². The van der Waals surface area contributed by atoms with Crippen LogP contribution in [0.15, 0.2) is 12.3 Å². The van der Waals surface area contributed by atoms with Gasteiger partial charge in [-0.05, 0) is 6.07 Å². The minimum Gasteiger partial charge on any atom is -0.382 e. The molecule has 98 valence electrons. The fraction of sp³-hybridized carbons (Fsp3) is 0.545. The number of nitrogen functional groups attached to an aromatic ring is 1. The number of nitrogens with one attached hydrogen (secondary N) is 1. The highest BCUT2D eigenvalue weighted by molar-refractivity contribution is 5.93. The van der Waals surface area contributed by atoms with Gasteiger partial charge < -0.3 is 20.1 Å². The monoisotopic (exact) mass is 251 g/mol. The van der Waals surface area contributed by atoms with E-state index in [0.29, 0.717) is 24.7 Å². The zero-order valence-electron chi connectivity index (χ0n) is 10.5. The second-order valence-electron chi connectivity index (χ2n) is 4.11. The lowest BCUT2D eigenvalue weighted by Crippen LogP contribution is -2.27. The number of amidine groups is 1. The molecule has 1 aliphatic heterocycles. The molecule has 1 aromatic rings. The topological polar surface area (TPSA) is 97.4 Å². The van der Waals surface area contributed by atoms with E-state index in [2.05, 4.69) is 9.97 Å². The smallest absolute Gasteiger partial charge is 0.226 e. The van der Waals surface area contributed by atoms with Gasteiger partial charge in [0.15, 0.2) is 0 Å². The molecular weight excluding hydrogens is 234 g/mol. The first-order chi connectivity index (χ1) is 8.65. The number of nitrogens with two attached hydrogens (primary N) is 1. The van der Waals surface area contributed by atoms with Crippen LogP contribution in [-0.2, 0) is 9.47 Å². The second kappa shape index (κ2) is 5.28. The van der Waals surface area contributed by atoms with E-state index in [4.69, 9.17) is 20.6 Å². The molecule has 0 radical (unpaired) electrons. The zero-order valence-corrected chi connectivity index (χ0v) is 10.5. The van der Waals surface area contributed by atoms with Crippen molar-refractivity contribution < 1.29 is 9.47 Å². The maximum Gasteiger partial charge on any atom is 0.226 e. The van der Waals surface area contributed by atoms with Crippen molar-refractivity contribution in [2.75, 3.05) is 32.2 Å². The molecule has 0 aromatic carbocycles. The highest BCUT2D eigenvalue weighted by Gasteiger charge is 2.34. The van der Waals surface area contributed by atoms with Crippen molar-refractivity contribution in [1.29, 1.82) is 5.41 Å². The SMILES string of the molecule is COC1CN(c2nccc(C(=N)N)n2)CC1OC. The normalized spacial score (nSPS) is 23.3. The Hall–Kier alpha value is -1.73. The van der Waals surface area contributed by atoms with E-state index in [1.165, 1.54) is 0 Å². The fourth-order valence-corrected chi connectivity index (χ4v) is 2.01. The summed E-state index contributed by atoms with van der Waals surface area (Å²) < 4.78 is 10.7. The second-order valence-corrected chi connectivity index (χ2v) is 4.11. The van der Waals surface area contributed by atoms with Gasteiger partial charge in [-0.2, -0.15) is 0 Å². The summed E-state index contributed by atoms with van der Waals surface area (Å²) in [6.45, 7) is 1.33. The molecule has 2 atom stereocenters. The predicted molar refractivity (Wildman–Crippen MR) is 66.9 cm³/mol. The van der Waals surface area contributed by atoms with E-state index in [9.17, 15) is 0 Å². The molecular formula is C11H17N5O2. The number of anilines is 1. The van der Waals surface area contributed by atoms with E-state index in [1.54, 1.807) is 26.5 Å². The maximum absolute atomic E-state index is 7.37. The Balaban J connectivity index is 2.18. The van der Waals surface area contributed by atoms with Gasteiger partial charge in [-0.15, -0.1) is 0 Å². The first-order valence-corrected chi connectivity index (χ1v) is 5.63. The molecule has 1 saturated heterocycles. The molecule has 0 bridgehead atoms. The van der Waals surface area contributed by atoms with Crippen LogP contribution in [0.5, 0.6) is 0 Å². The zero-order chi connectivity index (χ0) is 13.1. The lowest BCUT2D eigenvalue weighted by Gasteiger charge is -2.15. The van der Waals surface area contributed by atoms with Crippen LogP contribution in [0, 0.1) is 5.41 Å².